The molecule has 8 nitrogen and oxygen atoms in total. The van der Waals surface area contributed by atoms with Crippen molar-refractivity contribution in [3.05, 3.63) is 33.8 Å². The van der Waals surface area contributed by atoms with Crippen LogP contribution in [0.1, 0.15) is 33.3 Å². The zero-order valence-corrected chi connectivity index (χ0v) is 16.8. The third-order valence-corrected chi connectivity index (χ3v) is 4.34. The lowest BCUT2D eigenvalue weighted by molar-refractivity contribution is -0.134. The van der Waals surface area contributed by atoms with E-state index in [1.165, 1.54) is 19.1 Å². The van der Waals surface area contributed by atoms with Crippen molar-refractivity contribution < 1.29 is 19.2 Å². The molecule has 1 atom stereocenters. The first-order valence-corrected chi connectivity index (χ1v) is 8.81. The van der Waals surface area contributed by atoms with Crippen molar-refractivity contribution in [2.24, 2.45) is 0 Å². The standard InChI is InChI=1S/C17H20Cl2N4O4/c1-16(2,3)21-14(26)20-12(24)8-23-13(25)17(4,22-15(23)27)10-6-5-9(18)7-11(10)19/h5-7H,8H2,1-4H3,(H,22,27)(H2,20,21,24,26)/t17-/m1/s1. The second kappa shape index (κ2) is 7.36. The summed E-state index contributed by atoms with van der Waals surface area (Å²) in [7, 11) is 0. The van der Waals surface area contributed by atoms with Crippen LogP contribution in [0.15, 0.2) is 18.2 Å². The van der Waals surface area contributed by atoms with E-state index >= 15 is 0 Å². The van der Waals surface area contributed by atoms with Crippen LogP contribution < -0.4 is 16.0 Å². The number of nitrogens with one attached hydrogen (secondary N) is 3. The first-order chi connectivity index (χ1) is 12.3. The Kier molecular flexibility index (Phi) is 5.72. The molecule has 10 heteroatoms. The summed E-state index contributed by atoms with van der Waals surface area (Å²) in [6, 6.07) is 3.04. The van der Waals surface area contributed by atoms with E-state index in [0.29, 0.717) is 10.6 Å². The lowest BCUT2D eigenvalue weighted by atomic mass is 9.92. The minimum absolute atomic E-state index is 0.203. The van der Waals surface area contributed by atoms with Crippen molar-refractivity contribution in [2.45, 2.75) is 38.8 Å². The van der Waals surface area contributed by atoms with Gasteiger partial charge in [-0.1, -0.05) is 29.3 Å². The third kappa shape index (κ3) is 4.70. The number of amides is 6. The number of rotatable bonds is 3. The number of carbonyl (C=O) groups is 4. The van der Waals surface area contributed by atoms with Gasteiger partial charge in [-0.15, -0.1) is 0 Å². The zero-order chi connectivity index (χ0) is 20.6. The minimum Gasteiger partial charge on any atom is -0.333 e. The van der Waals surface area contributed by atoms with E-state index in [-0.39, 0.29) is 5.02 Å². The number of nitrogens with zero attached hydrogens (tertiary/aromatic N) is 1. The fourth-order valence-corrected chi connectivity index (χ4v) is 3.20. The maximum Gasteiger partial charge on any atom is 0.325 e. The Morgan fingerprint density at radius 3 is 2.41 bits per heavy atom. The molecule has 1 fully saturated rings. The van der Waals surface area contributed by atoms with Crippen molar-refractivity contribution >= 4 is 47.1 Å². The molecule has 1 aliphatic heterocycles. The second-order valence-corrected chi connectivity index (χ2v) is 8.17. The summed E-state index contributed by atoms with van der Waals surface area (Å²) in [6.07, 6.45) is 0. The summed E-state index contributed by atoms with van der Waals surface area (Å²) < 4.78 is 0. The molecule has 1 aromatic rings. The van der Waals surface area contributed by atoms with Crippen LogP contribution in [-0.2, 0) is 15.1 Å². The Balaban J connectivity index is 2.14. The van der Waals surface area contributed by atoms with Crippen molar-refractivity contribution in [1.29, 1.82) is 0 Å². The summed E-state index contributed by atoms with van der Waals surface area (Å²) in [5, 5.41) is 7.75. The quantitative estimate of drug-likeness (QED) is 0.659. The Labute approximate surface area is 166 Å². The molecule has 146 valence electrons. The van der Waals surface area contributed by atoms with Crippen molar-refractivity contribution in [3.8, 4) is 0 Å². The highest BCUT2D eigenvalue weighted by atomic mass is 35.5. The van der Waals surface area contributed by atoms with E-state index in [0.717, 1.165) is 4.90 Å². The molecule has 27 heavy (non-hydrogen) atoms. The van der Waals surface area contributed by atoms with E-state index in [2.05, 4.69) is 16.0 Å². The van der Waals surface area contributed by atoms with E-state index < -0.39 is 41.5 Å². The summed E-state index contributed by atoms with van der Waals surface area (Å²) in [4.78, 5) is 49.6. The lowest BCUT2D eigenvalue weighted by Crippen LogP contribution is -2.51. The molecular weight excluding hydrogens is 395 g/mol. The molecule has 1 heterocycles. The van der Waals surface area contributed by atoms with Gasteiger partial charge < -0.3 is 10.6 Å². The van der Waals surface area contributed by atoms with Crippen LogP contribution in [-0.4, -0.2) is 40.9 Å². The highest BCUT2D eigenvalue weighted by molar-refractivity contribution is 6.35. The Morgan fingerprint density at radius 1 is 1.22 bits per heavy atom. The molecule has 2 rings (SSSR count). The van der Waals surface area contributed by atoms with Gasteiger partial charge in [-0.3, -0.25) is 19.8 Å². The van der Waals surface area contributed by atoms with Crippen molar-refractivity contribution in [2.75, 3.05) is 6.54 Å². The SMILES string of the molecule is CC(C)(C)NC(=O)NC(=O)CN1C(=O)N[C@](C)(c2ccc(Cl)cc2Cl)C1=O. The van der Waals surface area contributed by atoms with Crippen LogP contribution in [0.4, 0.5) is 9.59 Å². The Morgan fingerprint density at radius 2 is 1.85 bits per heavy atom. The first-order valence-electron chi connectivity index (χ1n) is 8.05. The van der Waals surface area contributed by atoms with Crippen LogP contribution in [0.5, 0.6) is 0 Å². The van der Waals surface area contributed by atoms with E-state index in [1.54, 1.807) is 26.8 Å². The number of hydrogen-bond acceptors (Lipinski definition) is 4. The van der Waals surface area contributed by atoms with Crippen LogP contribution in [0.3, 0.4) is 0 Å². The minimum atomic E-state index is -1.45. The number of carbonyl (C=O) groups excluding carboxylic acids is 4. The summed E-state index contributed by atoms with van der Waals surface area (Å²) in [5.74, 6) is -1.46. The number of urea groups is 2. The number of halogens is 2. The van der Waals surface area contributed by atoms with Gasteiger partial charge in [0.25, 0.3) is 5.91 Å². The van der Waals surface area contributed by atoms with Gasteiger partial charge in [0.05, 0.1) is 0 Å². The van der Waals surface area contributed by atoms with E-state index in [4.69, 9.17) is 23.2 Å². The predicted octanol–water partition coefficient (Wildman–Crippen LogP) is 2.38. The van der Waals surface area contributed by atoms with Gasteiger partial charge in [0, 0.05) is 21.1 Å². The topological polar surface area (TPSA) is 108 Å². The lowest BCUT2D eigenvalue weighted by Gasteiger charge is -2.23. The highest BCUT2D eigenvalue weighted by Gasteiger charge is 2.50. The maximum atomic E-state index is 12.8. The molecule has 1 aromatic carbocycles. The van der Waals surface area contributed by atoms with E-state index in [9.17, 15) is 19.2 Å². The van der Waals surface area contributed by atoms with Crippen LogP contribution in [0, 0.1) is 0 Å². The smallest absolute Gasteiger partial charge is 0.325 e. The molecule has 1 aliphatic rings. The molecule has 0 saturated carbocycles. The molecule has 6 amide bonds. The van der Waals surface area contributed by atoms with Gasteiger partial charge in [-0.25, -0.2) is 9.59 Å². The monoisotopic (exact) mass is 414 g/mol. The molecule has 1 saturated heterocycles. The number of hydrogen-bond donors (Lipinski definition) is 3. The van der Waals surface area contributed by atoms with Gasteiger partial charge in [0.1, 0.15) is 12.1 Å². The highest BCUT2D eigenvalue weighted by Crippen LogP contribution is 2.34. The normalized spacial score (nSPS) is 19.7. The molecule has 0 aliphatic carbocycles. The fourth-order valence-electron chi connectivity index (χ4n) is 2.60. The molecule has 0 spiro atoms. The van der Waals surface area contributed by atoms with Crippen LogP contribution in [0.25, 0.3) is 0 Å². The third-order valence-electron chi connectivity index (χ3n) is 3.79. The largest absolute Gasteiger partial charge is 0.333 e. The van der Waals surface area contributed by atoms with Crippen LogP contribution >= 0.6 is 23.2 Å². The summed E-state index contributed by atoms with van der Waals surface area (Å²) in [6.45, 7) is 6.11. The van der Waals surface area contributed by atoms with Crippen LogP contribution in [0.2, 0.25) is 10.0 Å². The summed E-state index contributed by atoms with van der Waals surface area (Å²) in [5.41, 5.74) is -1.65. The number of benzene rings is 1. The molecule has 0 radical (unpaired) electrons. The zero-order valence-electron chi connectivity index (χ0n) is 15.3. The van der Waals surface area contributed by atoms with Crippen molar-refractivity contribution in [3.63, 3.8) is 0 Å². The molecular formula is C17H20Cl2N4O4. The number of imide groups is 2. The summed E-state index contributed by atoms with van der Waals surface area (Å²) >= 11 is 12.0. The second-order valence-electron chi connectivity index (χ2n) is 7.32. The van der Waals surface area contributed by atoms with Gasteiger partial charge >= 0.3 is 12.1 Å². The Bertz CT molecular complexity index is 822. The molecule has 3 N–H and O–H groups in total. The molecule has 0 bridgehead atoms. The fraction of sp³-hybridized carbons (Fsp3) is 0.412. The van der Waals surface area contributed by atoms with Gasteiger partial charge in [-0.2, -0.15) is 0 Å². The van der Waals surface area contributed by atoms with Gasteiger partial charge in [-0.05, 0) is 39.8 Å². The first kappa shape index (κ1) is 21.0. The molecule has 0 aromatic heterocycles. The van der Waals surface area contributed by atoms with E-state index in [1.807, 2.05) is 0 Å². The average molecular weight is 415 g/mol. The van der Waals surface area contributed by atoms with Gasteiger partial charge in [0.2, 0.25) is 5.91 Å². The maximum absolute atomic E-state index is 12.8. The molecule has 0 unspecified atom stereocenters. The van der Waals surface area contributed by atoms with Gasteiger partial charge in [0.15, 0.2) is 0 Å². The van der Waals surface area contributed by atoms with Crippen molar-refractivity contribution in [1.82, 2.24) is 20.9 Å². The Hall–Kier alpha value is -2.32. The predicted molar refractivity (Wildman–Crippen MR) is 100 cm³/mol. The average Bonchev–Trinajstić information content (AvgIpc) is 2.69.